The third-order valence-electron chi connectivity index (χ3n) is 1.62. The molecule has 0 aliphatic heterocycles. The molecule has 0 saturated heterocycles. The average Bonchev–Trinajstić information content (AvgIpc) is 2.17. The third kappa shape index (κ3) is 4.53. The number of rotatable bonds is 7. The van der Waals surface area contributed by atoms with Crippen LogP contribution in [-0.4, -0.2) is 46.6 Å². The van der Waals surface area contributed by atoms with Gasteiger partial charge in [-0.3, -0.25) is 0 Å². The summed E-state index contributed by atoms with van der Waals surface area (Å²) in [6.45, 7) is 0.747. The van der Waals surface area contributed by atoms with Gasteiger partial charge in [-0.15, -0.1) is 0 Å². The highest BCUT2D eigenvalue weighted by molar-refractivity contribution is 7.87. The smallest absolute Gasteiger partial charge is 0.279 e. The molecule has 7 heteroatoms. The van der Waals surface area contributed by atoms with Gasteiger partial charge in [-0.1, -0.05) is 0 Å². The van der Waals surface area contributed by atoms with E-state index in [1.807, 2.05) is 6.07 Å². The summed E-state index contributed by atoms with van der Waals surface area (Å²) in [5.74, 6) is 0. The molecule has 1 N–H and O–H groups in total. The molecule has 0 rings (SSSR count). The van der Waals surface area contributed by atoms with Gasteiger partial charge in [0.2, 0.25) is 0 Å². The van der Waals surface area contributed by atoms with E-state index in [4.69, 9.17) is 10.00 Å². The second kappa shape index (κ2) is 6.73. The van der Waals surface area contributed by atoms with E-state index >= 15 is 0 Å². The van der Waals surface area contributed by atoms with Crippen molar-refractivity contribution in [2.45, 2.75) is 6.42 Å². The first-order valence-electron chi connectivity index (χ1n) is 4.13. The minimum absolute atomic E-state index is 0.171. The van der Waals surface area contributed by atoms with Gasteiger partial charge in [0.15, 0.2) is 0 Å². The molecule has 0 aliphatic carbocycles. The summed E-state index contributed by atoms with van der Waals surface area (Å²) in [5, 5.41) is 8.36. The zero-order chi connectivity index (χ0) is 11.0. The number of ether oxygens (including phenoxy) is 1. The normalized spacial score (nSPS) is 11.6. The second-order valence-electron chi connectivity index (χ2n) is 2.51. The first-order valence-corrected chi connectivity index (χ1v) is 5.57. The van der Waals surface area contributed by atoms with Crippen molar-refractivity contribution in [3.8, 4) is 6.07 Å². The minimum atomic E-state index is -3.45. The van der Waals surface area contributed by atoms with Crippen LogP contribution in [0.15, 0.2) is 0 Å². The summed E-state index contributed by atoms with van der Waals surface area (Å²) in [6, 6.07) is 1.90. The van der Waals surface area contributed by atoms with Crippen molar-refractivity contribution < 1.29 is 13.2 Å². The van der Waals surface area contributed by atoms with E-state index in [1.165, 1.54) is 18.5 Å². The highest BCUT2D eigenvalue weighted by Crippen LogP contribution is 1.98. The first kappa shape index (κ1) is 13.3. The molecule has 0 radical (unpaired) electrons. The fourth-order valence-corrected chi connectivity index (χ4v) is 1.75. The topological polar surface area (TPSA) is 82.4 Å². The predicted octanol–water partition coefficient (Wildman–Crippen LogP) is -0.687. The van der Waals surface area contributed by atoms with Crippen molar-refractivity contribution in [3.05, 3.63) is 0 Å². The molecule has 0 unspecified atom stereocenters. The predicted molar refractivity (Wildman–Crippen MR) is 51.7 cm³/mol. The standard InChI is InChI=1S/C7H15N3O3S/c1-9-14(11,12)10(5-3-4-8)6-7-13-2/h9H,3,5-7H2,1-2H3. The summed E-state index contributed by atoms with van der Waals surface area (Å²) in [7, 11) is -0.623. The zero-order valence-corrected chi connectivity index (χ0v) is 9.17. The number of hydrogen-bond donors (Lipinski definition) is 1. The van der Waals surface area contributed by atoms with E-state index in [-0.39, 0.29) is 19.5 Å². The molecule has 0 heterocycles. The lowest BCUT2D eigenvalue weighted by Gasteiger charge is -2.19. The Kier molecular flexibility index (Phi) is 6.40. The highest BCUT2D eigenvalue weighted by Gasteiger charge is 2.18. The summed E-state index contributed by atoms with van der Waals surface area (Å²) >= 11 is 0. The lowest BCUT2D eigenvalue weighted by atomic mass is 10.4. The maximum atomic E-state index is 11.4. The molecule has 6 nitrogen and oxygen atoms in total. The van der Waals surface area contributed by atoms with Gasteiger partial charge in [0.05, 0.1) is 12.7 Å². The van der Waals surface area contributed by atoms with E-state index in [2.05, 4.69) is 4.72 Å². The molecular weight excluding hydrogens is 206 g/mol. The maximum absolute atomic E-state index is 11.4. The Morgan fingerprint density at radius 1 is 1.50 bits per heavy atom. The van der Waals surface area contributed by atoms with Gasteiger partial charge in [0, 0.05) is 33.7 Å². The van der Waals surface area contributed by atoms with Gasteiger partial charge in [-0.05, 0) is 0 Å². The lowest BCUT2D eigenvalue weighted by Crippen LogP contribution is -2.41. The zero-order valence-electron chi connectivity index (χ0n) is 8.36. The van der Waals surface area contributed by atoms with Crippen LogP contribution in [0.2, 0.25) is 0 Å². The van der Waals surface area contributed by atoms with Gasteiger partial charge < -0.3 is 4.74 Å². The van der Waals surface area contributed by atoms with Gasteiger partial charge in [-0.2, -0.15) is 18.0 Å². The Bertz CT molecular complexity index is 283. The molecule has 0 aromatic carbocycles. The highest BCUT2D eigenvalue weighted by atomic mass is 32.2. The molecule has 0 aromatic heterocycles. The summed E-state index contributed by atoms with van der Waals surface area (Å²) in [4.78, 5) is 0. The van der Waals surface area contributed by atoms with E-state index in [1.54, 1.807) is 0 Å². The van der Waals surface area contributed by atoms with Crippen molar-refractivity contribution in [2.75, 3.05) is 33.9 Å². The van der Waals surface area contributed by atoms with Gasteiger partial charge in [0.25, 0.3) is 10.2 Å². The molecule has 0 saturated carbocycles. The van der Waals surface area contributed by atoms with E-state index in [0.29, 0.717) is 6.61 Å². The van der Waals surface area contributed by atoms with Crippen molar-refractivity contribution in [3.63, 3.8) is 0 Å². The summed E-state index contributed by atoms with van der Waals surface area (Å²) < 4.78 is 30.9. The van der Waals surface area contributed by atoms with Crippen molar-refractivity contribution in [1.29, 1.82) is 5.26 Å². The van der Waals surface area contributed by atoms with Crippen LogP contribution >= 0.6 is 0 Å². The molecule has 14 heavy (non-hydrogen) atoms. The Balaban J connectivity index is 4.32. The van der Waals surface area contributed by atoms with Crippen LogP contribution in [0, 0.1) is 11.3 Å². The molecular formula is C7H15N3O3S. The van der Waals surface area contributed by atoms with Gasteiger partial charge in [0.1, 0.15) is 0 Å². The van der Waals surface area contributed by atoms with Gasteiger partial charge in [-0.25, -0.2) is 4.72 Å². The van der Waals surface area contributed by atoms with E-state index in [0.717, 1.165) is 0 Å². The van der Waals surface area contributed by atoms with E-state index in [9.17, 15) is 8.42 Å². The summed E-state index contributed by atoms with van der Waals surface area (Å²) in [6.07, 6.45) is 0.171. The van der Waals surface area contributed by atoms with Crippen LogP contribution in [0.25, 0.3) is 0 Å². The van der Waals surface area contributed by atoms with Gasteiger partial charge >= 0.3 is 0 Å². The molecule has 0 bridgehead atoms. The molecule has 0 spiro atoms. The Labute approximate surface area is 84.6 Å². The number of nitrogens with zero attached hydrogens (tertiary/aromatic N) is 2. The third-order valence-corrected chi connectivity index (χ3v) is 3.18. The van der Waals surface area contributed by atoms with E-state index < -0.39 is 10.2 Å². The number of nitrogens with one attached hydrogen (secondary N) is 1. The molecule has 0 aromatic rings. The Morgan fingerprint density at radius 2 is 2.14 bits per heavy atom. The quantitative estimate of drug-likeness (QED) is 0.617. The lowest BCUT2D eigenvalue weighted by molar-refractivity contribution is 0.179. The Morgan fingerprint density at radius 3 is 2.57 bits per heavy atom. The van der Waals surface area contributed by atoms with Crippen LogP contribution in [0.5, 0.6) is 0 Å². The fourth-order valence-electron chi connectivity index (χ4n) is 0.849. The molecule has 0 fully saturated rings. The van der Waals surface area contributed by atoms with Crippen LogP contribution < -0.4 is 4.72 Å². The second-order valence-corrected chi connectivity index (χ2v) is 4.38. The van der Waals surface area contributed by atoms with Crippen molar-refractivity contribution in [2.24, 2.45) is 0 Å². The maximum Gasteiger partial charge on any atom is 0.279 e. The molecule has 0 amide bonds. The molecule has 0 atom stereocenters. The Hall–Kier alpha value is -0.680. The monoisotopic (exact) mass is 221 g/mol. The van der Waals surface area contributed by atoms with Crippen LogP contribution in [0.1, 0.15) is 6.42 Å². The average molecular weight is 221 g/mol. The SMILES string of the molecule is CNS(=O)(=O)N(CCC#N)CCOC. The number of nitriles is 1. The summed E-state index contributed by atoms with van der Waals surface area (Å²) in [5.41, 5.74) is 0. The van der Waals surface area contributed by atoms with Crippen molar-refractivity contribution >= 4 is 10.2 Å². The minimum Gasteiger partial charge on any atom is -0.383 e. The van der Waals surface area contributed by atoms with Crippen LogP contribution in [-0.2, 0) is 14.9 Å². The van der Waals surface area contributed by atoms with Crippen molar-refractivity contribution in [1.82, 2.24) is 9.03 Å². The van der Waals surface area contributed by atoms with Crippen LogP contribution in [0.3, 0.4) is 0 Å². The number of hydrogen-bond acceptors (Lipinski definition) is 4. The molecule has 0 aliphatic rings. The fraction of sp³-hybridized carbons (Fsp3) is 0.857. The van der Waals surface area contributed by atoms with Crippen LogP contribution in [0.4, 0.5) is 0 Å². The first-order chi connectivity index (χ1) is 6.58. The largest absolute Gasteiger partial charge is 0.383 e. The molecule has 82 valence electrons. The number of methoxy groups -OCH3 is 1.